The van der Waals surface area contributed by atoms with E-state index in [-0.39, 0.29) is 41.4 Å². The predicted octanol–water partition coefficient (Wildman–Crippen LogP) is 4.41. The highest BCUT2D eigenvalue weighted by molar-refractivity contribution is 9.10. The second-order valence-electron chi connectivity index (χ2n) is 7.94. The second-order valence-corrected chi connectivity index (χ2v) is 8.85. The third-order valence-corrected chi connectivity index (χ3v) is 6.67. The summed E-state index contributed by atoms with van der Waals surface area (Å²) in [5.74, 6) is -0.523. The fourth-order valence-corrected chi connectivity index (χ4v) is 5.08. The predicted molar refractivity (Wildman–Crippen MR) is 118 cm³/mol. The summed E-state index contributed by atoms with van der Waals surface area (Å²) < 4.78 is 0.937. The van der Waals surface area contributed by atoms with Gasteiger partial charge in [-0.15, -0.1) is 0 Å². The van der Waals surface area contributed by atoms with Crippen LogP contribution in [0.5, 0.6) is 0 Å². The van der Waals surface area contributed by atoms with Crippen LogP contribution in [0.4, 0.5) is 11.4 Å². The highest BCUT2D eigenvalue weighted by Crippen LogP contribution is 2.53. The molecule has 0 aromatic heterocycles. The van der Waals surface area contributed by atoms with Crippen molar-refractivity contribution in [3.63, 3.8) is 0 Å². The maximum Gasteiger partial charge on any atom is 0.248 e. The van der Waals surface area contributed by atoms with Crippen LogP contribution in [0.25, 0.3) is 6.08 Å². The first-order valence-electron chi connectivity index (χ1n) is 9.92. The van der Waals surface area contributed by atoms with Gasteiger partial charge in [-0.05, 0) is 66.3 Å². The van der Waals surface area contributed by atoms with Gasteiger partial charge in [0.15, 0.2) is 0 Å². The van der Waals surface area contributed by atoms with Crippen LogP contribution < -0.4 is 10.2 Å². The molecule has 1 heterocycles. The van der Waals surface area contributed by atoms with Gasteiger partial charge in [0, 0.05) is 16.2 Å². The van der Waals surface area contributed by atoms with Crippen LogP contribution in [0.2, 0.25) is 0 Å². The van der Waals surface area contributed by atoms with Gasteiger partial charge in [-0.1, -0.05) is 40.2 Å². The van der Waals surface area contributed by atoms with E-state index in [0.29, 0.717) is 11.4 Å². The number of hydrogen-bond donors (Lipinski definition) is 1. The number of halogens is 1. The van der Waals surface area contributed by atoms with Crippen molar-refractivity contribution >= 4 is 51.1 Å². The zero-order valence-corrected chi connectivity index (χ0v) is 17.6. The van der Waals surface area contributed by atoms with Crippen LogP contribution in [0.15, 0.2) is 71.2 Å². The number of hydrogen-bond acceptors (Lipinski definition) is 3. The molecule has 3 aliphatic rings. The highest BCUT2D eigenvalue weighted by Gasteiger charge is 2.59. The number of nitrogens with zero attached hydrogens (tertiary/aromatic N) is 1. The smallest absolute Gasteiger partial charge is 0.248 e. The minimum Gasteiger partial charge on any atom is -0.323 e. The van der Waals surface area contributed by atoms with Gasteiger partial charge in [-0.3, -0.25) is 14.4 Å². The second kappa shape index (κ2) is 7.36. The van der Waals surface area contributed by atoms with E-state index in [0.717, 1.165) is 16.5 Å². The van der Waals surface area contributed by atoms with Crippen molar-refractivity contribution in [3.05, 3.63) is 76.8 Å². The van der Waals surface area contributed by atoms with Crippen molar-refractivity contribution in [2.45, 2.75) is 6.42 Å². The van der Waals surface area contributed by atoms with E-state index in [4.69, 9.17) is 0 Å². The number of carbonyl (C=O) groups is 3. The Labute approximate surface area is 182 Å². The molecule has 150 valence electrons. The van der Waals surface area contributed by atoms with E-state index in [1.54, 1.807) is 36.4 Å². The van der Waals surface area contributed by atoms with Crippen LogP contribution in [0.1, 0.15) is 12.0 Å². The average Bonchev–Trinajstić information content (AvgIpc) is 3.42. The lowest BCUT2D eigenvalue weighted by molar-refractivity contribution is -0.123. The maximum atomic E-state index is 13.0. The molecule has 6 heteroatoms. The SMILES string of the molecule is O=C(/C=C/c1cccc(N2C(=O)[C@@H]3[C@@H](C2=O)[C@H]2C=C[C@H]3C2)c1)Nc1ccc(Br)cc1. The van der Waals surface area contributed by atoms with Crippen molar-refractivity contribution in [1.82, 2.24) is 0 Å². The van der Waals surface area contributed by atoms with Crippen molar-refractivity contribution in [2.24, 2.45) is 23.7 Å². The van der Waals surface area contributed by atoms with Crippen LogP contribution in [-0.4, -0.2) is 17.7 Å². The van der Waals surface area contributed by atoms with Gasteiger partial charge in [0.05, 0.1) is 17.5 Å². The zero-order chi connectivity index (χ0) is 20.8. The van der Waals surface area contributed by atoms with Crippen LogP contribution >= 0.6 is 15.9 Å². The quantitative estimate of drug-likeness (QED) is 0.415. The molecule has 0 radical (unpaired) electrons. The fourth-order valence-electron chi connectivity index (χ4n) is 4.81. The number of rotatable bonds is 4. The molecule has 30 heavy (non-hydrogen) atoms. The Morgan fingerprint density at radius 1 is 1.00 bits per heavy atom. The standard InChI is InChI=1S/C24H19BrN2O3/c25-17-7-9-18(10-8-17)26-20(28)11-4-14-2-1-3-19(12-14)27-23(29)21-15-5-6-16(13-15)22(21)24(27)30/h1-12,15-16,21-22H,13H2,(H,26,28)/b11-4+/t15-,16-,21-,22-/m0/s1. The van der Waals surface area contributed by atoms with Gasteiger partial charge in [0.2, 0.25) is 17.7 Å². The minimum atomic E-state index is -0.256. The first-order chi connectivity index (χ1) is 14.5. The number of imide groups is 1. The molecule has 3 amide bonds. The molecule has 5 rings (SSSR count). The molecule has 1 N–H and O–H groups in total. The average molecular weight is 463 g/mol. The van der Waals surface area contributed by atoms with Crippen LogP contribution in [0, 0.1) is 23.7 Å². The first-order valence-corrected chi connectivity index (χ1v) is 10.7. The Morgan fingerprint density at radius 2 is 1.67 bits per heavy atom. The Balaban J connectivity index is 1.32. The van der Waals surface area contributed by atoms with Gasteiger partial charge in [-0.2, -0.15) is 0 Å². The summed E-state index contributed by atoms with van der Waals surface area (Å²) in [5.41, 5.74) is 2.01. The molecule has 2 aromatic carbocycles. The maximum absolute atomic E-state index is 13.0. The van der Waals surface area contributed by atoms with Gasteiger partial charge in [-0.25, -0.2) is 4.90 Å². The van der Waals surface area contributed by atoms with Crippen molar-refractivity contribution < 1.29 is 14.4 Å². The number of allylic oxidation sites excluding steroid dienone is 2. The third-order valence-electron chi connectivity index (χ3n) is 6.14. The van der Waals surface area contributed by atoms with Gasteiger partial charge >= 0.3 is 0 Å². The van der Waals surface area contributed by atoms with Crippen molar-refractivity contribution in [1.29, 1.82) is 0 Å². The molecule has 1 saturated carbocycles. The summed E-state index contributed by atoms with van der Waals surface area (Å²) in [4.78, 5) is 39.5. The summed E-state index contributed by atoms with van der Waals surface area (Å²) in [6.07, 6.45) is 8.20. The molecule has 0 spiro atoms. The van der Waals surface area contributed by atoms with E-state index in [9.17, 15) is 14.4 Å². The molecule has 2 fully saturated rings. The molecule has 2 bridgehead atoms. The lowest BCUT2D eigenvalue weighted by atomic mass is 9.85. The van der Waals surface area contributed by atoms with Gasteiger partial charge < -0.3 is 5.32 Å². The monoisotopic (exact) mass is 462 g/mol. The van der Waals surface area contributed by atoms with Crippen molar-refractivity contribution in [3.8, 4) is 0 Å². The Bertz CT molecular complexity index is 1080. The molecule has 4 atom stereocenters. The summed E-state index contributed by atoms with van der Waals surface area (Å²) >= 11 is 3.36. The summed E-state index contributed by atoms with van der Waals surface area (Å²) in [7, 11) is 0. The molecular weight excluding hydrogens is 444 g/mol. The lowest BCUT2D eigenvalue weighted by Gasteiger charge is -2.17. The van der Waals surface area contributed by atoms with Gasteiger partial charge in [0.25, 0.3) is 0 Å². The van der Waals surface area contributed by atoms with Crippen LogP contribution in [0.3, 0.4) is 0 Å². The van der Waals surface area contributed by atoms with E-state index in [2.05, 4.69) is 33.4 Å². The largest absolute Gasteiger partial charge is 0.323 e. The number of benzene rings is 2. The summed E-state index contributed by atoms with van der Waals surface area (Å²) in [5, 5.41) is 2.79. The minimum absolute atomic E-state index is 0.101. The van der Waals surface area contributed by atoms with Crippen LogP contribution in [-0.2, 0) is 14.4 Å². The molecule has 5 nitrogen and oxygen atoms in total. The Hall–Kier alpha value is -2.99. The number of amides is 3. The van der Waals surface area contributed by atoms with Crippen molar-refractivity contribution in [2.75, 3.05) is 10.2 Å². The number of carbonyl (C=O) groups excluding carboxylic acids is 3. The van der Waals surface area contributed by atoms with Gasteiger partial charge in [0.1, 0.15) is 0 Å². The fraction of sp³-hybridized carbons (Fsp3) is 0.208. The van der Waals surface area contributed by atoms with E-state index >= 15 is 0 Å². The zero-order valence-electron chi connectivity index (χ0n) is 16.0. The third kappa shape index (κ3) is 3.21. The lowest BCUT2D eigenvalue weighted by Crippen LogP contribution is -2.32. The Kier molecular flexibility index (Phi) is 4.66. The van der Waals surface area contributed by atoms with E-state index < -0.39 is 0 Å². The molecule has 2 aromatic rings. The summed E-state index contributed by atoms with van der Waals surface area (Å²) in [6.45, 7) is 0. The molecule has 2 aliphatic carbocycles. The number of anilines is 2. The van der Waals surface area contributed by atoms with E-state index in [1.807, 2.05) is 18.2 Å². The first kappa shape index (κ1) is 19.0. The molecule has 0 unspecified atom stereocenters. The molecule has 1 aliphatic heterocycles. The number of nitrogens with one attached hydrogen (secondary N) is 1. The number of fused-ring (bicyclic) bond motifs is 5. The summed E-state index contributed by atoms with van der Waals surface area (Å²) in [6, 6.07) is 14.5. The van der Waals surface area contributed by atoms with E-state index in [1.165, 1.54) is 11.0 Å². The molecule has 1 saturated heterocycles. The normalized spacial score (nSPS) is 26.6. The topological polar surface area (TPSA) is 66.5 Å². The Morgan fingerprint density at radius 3 is 2.33 bits per heavy atom. The highest BCUT2D eigenvalue weighted by atomic mass is 79.9. The molecular formula is C24H19BrN2O3.